The van der Waals surface area contributed by atoms with Gasteiger partial charge in [-0.25, -0.2) is 9.78 Å². The van der Waals surface area contributed by atoms with Crippen molar-refractivity contribution >= 4 is 28.2 Å². The molecule has 0 atom stereocenters. The molecule has 2 aromatic heterocycles. The number of thiazole rings is 1. The minimum Gasteiger partial charge on any atom is -0.477 e. The molecule has 124 valence electrons. The highest BCUT2D eigenvalue weighted by Crippen LogP contribution is 2.20. The van der Waals surface area contributed by atoms with Crippen LogP contribution < -0.4 is 5.32 Å². The number of aryl methyl sites for hydroxylation is 2. The lowest BCUT2D eigenvalue weighted by Crippen LogP contribution is -2.17. The number of nitrogens with zero attached hydrogens (tertiary/aromatic N) is 2. The van der Waals surface area contributed by atoms with Crippen molar-refractivity contribution < 1.29 is 9.90 Å². The number of carbonyl (C=O) groups is 1. The standard InChI is InChI=1S/C18H19N3O2S/c1-11-5-6-13-4-3-8-20-16(13)14(11)10-19-9-7-15-21-12(2)17(24-15)18(22)23/h3-6,8,19H,7,9-10H2,1-2H3,(H,22,23). The van der Waals surface area contributed by atoms with E-state index in [1.165, 1.54) is 22.5 Å². The van der Waals surface area contributed by atoms with Gasteiger partial charge in [-0.05, 0) is 31.0 Å². The van der Waals surface area contributed by atoms with Crippen molar-refractivity contribution in [3.63, 3.8) is 0 Å². The lowest BCUT2D eigenvalue weighted by molar-refractivity contribution is 0.0701. The zero-order chi connectivity index (χ0) is 17.1. The van der Waals surface area contributed by atoms with Gasteiger partial charge in [0.05, 0.1) is 16.2 Å². The highest BCUT2D eigenvalue weighted by Gasteiger charge is 2.13. The third kappa shape index (κ3) is 3.44. The second-order valence-corrected chi connectivity index (χ2v) is 6.77. The van der Waals surface area contributed by atoms with Crippen LogP contribution in [0.15, 0.2) is 30.5 Å². The molecule has 0 unspecified atom stereocenters. The van der Waals surface area contributed by atoms with E-state index in [4.69, 9.17) is 5.11 Å². The Balaban J connectivity index is 1.64. The van der Waals surface area contributed by atoms with Crippen LogP contribution in [0, 0.1) is 13.8 Å². The Morgan fingerprint density at radius 1 is 1.29 bits per heavy atom. The summed E-state index contributed by atoms with van der Waals surface area (Å²) in [6.07, 6.45) is 2.53. The summed E-state index contributed by atoms with van der Waals surface area (Å²) in [7, 11) is 0. The highest BCUT2D eigenvalue weighted by atomic mass is 32.1. The number of fused-ring (bicyclic) bond motifs is 1. The van der Waals surface area contributed by atoms with Crippen LogP contribution in [-0.4, -0.2) is 27.6 Å². The number of aromatic carboxylic acids is 1. The van der Waals surface area contributed by atoms with Gasteiger partial charge in [0, 0.05) is 31.1 Å². The third-order valence-corrected chi connectivity index (χ3v) is 5.17. The average molecular weight is 341 g/mol. The first kappa shape index (κ1) is 16.5. The van der Waals surface area contributed by atoms with Crippen LogP contribution >= 0.6 is 11.3 Å². The number of aromatic nitrogens is 2. The summed E-state index contributed by atoms with van der Waals surface area (Å²) in [5, 5.41) is 14.5. The molecular weight excluding hydrogens is 322 g/mol. The third-order valence-electron chi connectivity index (χ3n) is 3.97. The minimum atomic E-state index is -0.901. The zero-order valence-corrected chi connectivity index (χ0v) is 14.5. The number of pyridine rings is 1. The molecule has 5 nitrogen and oxygen atoms in total. The summed E-state index contributed by atoms with van der Waals surface area (Å²) in [5.41, 5.74) is 4.04. The number of nitrogens with one attached hydrogen (secondary N) is 1. The molecule has 0 radical (unpaired) electrons. The number of hydrogen-bond donors (Lipinski definition) is 2. The second-order valence-electron chi connectivity index (χ2n) is 5.69. The van der Waals surface area contributed by atoms with Crippen LogP contribution in [0.25, 0.3) is 10.9 Å². The molecule has 0 amide bonds. The molecule has 0 aliphatic heterocycles. The zero-order valence-electron chi connectivity index (χ0n) is 13.7. The molecule has 0 bridgehead atoms. The Hall–Kier alpha value is -2.31. The first-order valence-electron chi connectivity index (χ1n) is 7.80. The van der Waals surface area contributed by atoms with E-state index >= 15 is 0 Å². The number of benzene rings is 1. The molecule has 3 aromatic rings. The van der Waals surface area contributed by atoms with Crippen LogP contribution in [0.5, 0.6) is 0 Å². The van der Waals surface area contributed by atoms with Crippen LogP contribution in [0.4, 0.5) is 0 Å². The fraction of sp³-hybridized carbons (Fsp3) is 0.278. The normalized spacial score (nSPS) is 11.1. The van der Waals surface area contributed by atoms with Gasteiger partial charge in [-0.15, -0.1) is 11.3 Å². The summed E-state index contributed by atoms with van der Waals surface area (Å²) in [6.45, 7) is 5.31. The van der Waals surface area contributed by atoms with Crippen molar-refractivity contribution in [2.45, 2.75) is 26.8 Å². The van der Waals surface area contributed by atoms with Gasteiger partial charge < -0.3 is 10.4 Å². The molecule has 1 aromatic carbocycles. The summed E-state index contributed by atoms with van der Waals surface area (Å²) in [6, 6.07) is 8.22. The fourth-order valence-electron chi connectivity index (χ4n) is 2.70. The number of hydrogen-bond acceptors (Lipinski definition) is 5. The van der Waals surface area contributed by atoms with Crippen molar-refractivity contribution in [1.82, 2.24) is 15.3 Å². The lowest BCUT2D eigenvalue weighted by Gasteiger charge is -2.10. The lowest BCUT2D eigenvalue weighted by atomic mass is 10.0. The predicted octanol–water partition coefficient (Wildman–Crippen LogP) is 3.34. The molecular formula is C18H19N3O2S. The number of carboxylic acid groups (broad SMARTS) is 1. The molecule has 0 saturated heterocycles. The first-order valence-corrected chi connectivity index (χ1v) is 8.61. The molecule has 2 N–H and O–H groups in total. The molecule has 0 saturated carbocycles. The topological polar surface area (TPSA) is 75.1 Å². The molecule has 0 aliphatic carbocycles. The number of carboxylic acids is 1. The monoisotopic (exact) mass is 341 g/mol. The van der Waals surface area contributed by atoms with Gasteiger partial charge in [-0.1, -0.05) is 18.2 Å². The average Bonchev–Trinajstić information content (AvgIpc) is 2.94. The maximum absolute atomic E-state index is 11.1. The molecule has 0 spiro atoms. The van der Waals surface area contributed by atoms with Crippen LogP contribution in [0.1, 0.15) is 31.5 Å². The Morgan fingerprint density at radius 2 is 2.12 bits per heavy atom. The predicted molar refractivity (Wildman–Crippen MR) is 95.7 cm³/mol. The molecule has 0 aliphatic rings. The fourth-order valence-corrected chi connectivity index (χ4v) is 3.60. The van der Waals surface area contributed by atoms with E-state index in [1.54, 1.807) is 6.92 Å². The molecule has 3 rings (SSSR count). The molecule has 0 fully saturated rings. The van der Waals surface area contributed by atoms with Crippen molar-refractivity contribution in [3.8, 4) is 0 Å². The van der Waals surface area contributed by atoms with Gasteiger partial charge >= 0.3 is 5.97 Å². The molecule has 6 heteroatoms. The number of rotatable bonds is 6. The summed E-state index contributed by atoms with van der Waals surface area (Å²) < 4.78 is 0. The minimum absolute atomic E-state index is 0.332. The maximum Gasteiger partial charge on any atom is 0.347 e. The van der Waals surface area contributed by atoms with E-state index < -0.39 is 5.97 Å². The SMILES string of the molecule is Cc1ccc2cccnc2c1CNCCc1nc(C)c(C(=O)O)s1. The van der Waals surface area contributed by atoms with Gasteiger partial charge in [-0.3, -0.25) is 4.98 Å². The Kier molecular flexibility index (Phi) is 4.87. The molecule has 2 heterocycles. The molecule has 24 heavy (non-hydrogen) atoms. The quantitative estimate of drug-likeness (QED) is 0.673. The second kappa shape index (κ2) is 7.07. The largest absolute Gasteiger partial charge is 0.477 e. The highest BCUT2D eigenvalue weighted by molar-refractivity contribution is 7.13. The van der Waals surface area contributed by atoms with Gasteiger partial charge in [0.15, 0.2) is 0 Å². The van der Waals surface area contributed by atoms with Crippen LogP contribution in [-0.2, 0) is 13.0 Å². The Labute approximate surface area is 144 Å². The van der Waals surface area contributed by atoms with E-state index in [9.17, 15) is 4.79 Å². The van der Waals surface area contributed by atoms with E-state index in [2.05, 4.69) is 40.4 Å². The van der Waals surface area contributed by atoms with Crippen molar-refractivity contribution in [2.75, 3.05) is 6.54 Å². The maximum atomic E-state index is 11.1. The van der Waals surface area contributed by atoms with E-state index in [0.29, 0.717) is 10.6 Å². The summed E-state index contributed by atoms with van der Waals surface area (Å²) >= 11 is 1.26. The van der Waals surface area contributed by atoms with E-state index in [-0.39, 0.29) is 0 Å². The van der Waals surface area contributed by atoms with Crippen molar-refractivity contribution in [3.05, 3.63) is 57.2 Å². The van der Waals surface area contributed by atoms with Crippen LogP contribution in [0.3, 0.4) is 0 Å². The smallest absolute Gasteiger partial charge is 0.347 e. The van der Waals surface area contributed by atoms with E-state index in [1.807, 2.05) is 12.3 Å². The van der Waals surface area contributed by atoms with E-state index in [0.717, 1.165) is 35.4 Å². The first-order chi connectivity index (χ1) is 11.6. The summed E-state index contributed by atoms with van der Waals surface area (Å²) in [5.74, 6) is -0.901. The summed E-state index contributed by atoms with van der Waals surface area (Å²) in [4.78, 5) is 20.2. The van der Waals surface area contributed by atoms with Gasteiger partial charge in [0.2, 0.25) is 0 Å². The van der Waals surface area contributed by atoms with Crippen molar-refractivity contribution in [2.24, 2.45) is 0 Å². The van der Waals surface area contributed by atoms with Crippen LogP contribution in [0.2, 0.25) is 0 Å². The Bertz CT molecular complexity index is 889. The Morgan fingerprint density at radius 3 is 2.88 bits per heavy atom. The van der Waals surface area contributed by atoms with Gasteiger partial charge in [0.1, 0.15) is 4.88 Å². The van der Waals surface area contributed by atoms with Gasteiger partial charge in [-0.2, -0.15) is 0 Å². The van der Waals surface area contributed by atoms with Crippen molar-refractivity contribution in [1.29, 1.82) is 0 Å². The van der Waals surface area contributed by atoms with Gasteiger partial charge in [0.25, 0.3) is 0 Å².